The van der Waals surface area contributed by atoms with Crippen LogP contribution in [0.3, 0.4) is 0 Å². The van der Waals surface area contributed by atoms with Crippen LogP contribution in [0.4, 0.5) is 0 Å². The van der Waals surface area contributed by atoms with Crippen molar-refractivity contribution in [2.75, 3.05) is 7.05 Å². The smallest absolute Gasteiger partial charge is 0.191 e. The summed E-state index contributed by atoms with van der Waals surface area (Å²) in [5.41, 5.74) is 2.25. The molecule has 1 aromatic heterocycles. The number of benzene rings is 1. The van der Waals surface area contributed by atoms with Crippen LogP contribution >= 0.6 is 0 Å². The molecular formula is C18H22N4O. The van der Waals surface area contributed by atoms with Crippen molar-refractivity contribution in [3.05, 3.63) is 42.1 Å². The fourth-order valence-electron chi connectivity index (χ4n) is 3.65. The van der Waals surface area contributed by atoms with E-state index in [2.05, 4.69) is 32.7 Å². The standard InChI is InChI=1S/C18H22N4O/c1-19-18(22-16-10-13-6-7-17(16)23-13)21-11-12-8-9-20-15-5-3-2-4-14(12)15/h2-5,8-9,13,16-17H,6-7,10-11H2,1H3,(H2,19,21,22). The molecule has 120 valence electrons. The van der Waals surface area contributed by atoms with Crippen molar-refractivity contribution in [1.82, 2.24) is 15.6 Å². The maximum atomic E-state index is 5.90. The summed E-state index contributed by atoms with van der Waals surface area (Å²) in [6, 6.07) is 10.7. The fourth-order valence-corrected chi connectivity index (χ4v) is 3.65. The van der Waals surface area contributed by atoms with E-state index < -0.39 is 0 Å². The minimum atomic E-state index is 0.348. The first-order chi connectivity index (χ1) is 11.3. The van der Waals surface area contributed by atoms with Crippen molar-refractivity contribution >= 4 is 16.9 Å². The van der Waals surface area contributed by atoms with Gasteiger partial charge in [0.15, 0.2) is 5.96 Å². The molecule has 0 amide bonds. The summed E-state index contributed by atoms with van der Waals surface area (Å²) in [7, 11) is 1.81. The zero-order valence-electron chi connectivity index (χ0n) is 13.3. The van der Waals surface area contributed by atoms with Gasteiger partial charge < -0.3 is 15.4 Å². The highest BCUT2D eigenvalue weighted by Gasteiger charge is 2.41. The van der Waals surface area contributed by atoms with Crippen molar-refractivity contribution in [3.8, 4) is 0 Å². The average Bonchev–Trinajstić information content (AvgIpc) is 3.21. The predicted molar refractivity (Wildman–Crippen MR) is 91.4 cm³/mol. The topological polar surface area (TPSA) is 58.5 Å². The Bertz CT molecular complexity index is 725. The van der Waals surface area contributed by atoms with E-state index in [0.717, 1.165) is 30.9 Å². The summed E-state index contributed by atoms with van der Waals surface area (Å²) in [5, 5.41) is 8.12. The largest absolute Gasteiger partial charge is 0.373 e. The van der Waals surface area contributed by atoms with E-state index in [0.29, 0.717) is 18.2 Å². The Hall–Kier alpha value is -2.14. The van der Waals surface area contributed by atoms with Gasteiger partial charge >= 0.3 is 0 Å². The molecule has 1 aromatic carbocycles. The van der Waals surface area contributed by atoms with Gasteiger partial charge in [0.25, 0.3) is 0 Å². The van der Waals surface area contributed by atoms with E-state index in [-0.39, 0.29) is 0 Å². The third-order valence-corrected chi connectivity index (χ3v) is 4.84. The summed E-state index contributed by atoms with van der Waals surface area (Å²) >= 11 is 0. The summed E-state index contributed by atoms with van der Waals surface area (Å²) < 4.78 is 5.90. The first-order valence-electron chi connectivity index (χ1n) is 8.29. The lowest BCUT2D eigenvalue weighted by Gasteiger charge is -2.22. The molecule has 2 aliphatic heterocycles. The molecule has 3 atom stereocenters. The number of nitrogens with zero attached hydrogens (tertiary/aromatic N) is 2. The first-order valence-corrected chi connectivity index (χ1v) is 8.29. The van der Waals surface area contributed by atoms with Crippen LogP contribution in [0.1, 0.15) is 24.8 Å². The molecule has 0 saturated carbocycles. The van der Waals surface area contributed by atoms with E-state index in [1.807, 2.05) is 31.4 Å². The second kappa shape index (κ2) is 6.16. The summed E-state index contributed by atoms with van der Waals surface area (Å²) in [5.74, 6) is 0.840. The monoisotopic (exact) mass is 310 g/mol. The number of para-hydroxylation sites is 1. The molecule has 2 bridgehead atoms. The van der Waals surface area contributed by atoms with E-state index in [4.69, 9.17) is 4.74 Å². The van der Waals surface area contributed by atoms with Gasteiger partial charge in [-0.15, -0.1) is 0 Å². The maximum absolute atomic E-state index is 5.90. The number of aliphatic imine (C=N–C) groups is 1. The number of hydrogen-bond donors (Lipinski definition) is 2. The van der Waals surface area contributed by atoms with Gasteiger partial charge in [-0.05, 0) is 37.0 Å². The van der Waals surface area contributed by atoms with Gasteiger partial charge in [0, 0.05) is 25.2 Å². The van der Waals surface area contributed by atoms with Gasteiger partial charge in [-0.1, -0.05) is 18.2 Å². The number of pyridine rings is 1. The van der Waals surface area contributed by atoms with Crippen LogP contribution in [0.15, 0.2) is 41.5 Å². The molecule has 3 heterocycles. The van der Waals surface area contributed by atoms with Crippen LogP contribution in [0, 0.1) is 0 Å². The van der Waals surface area contributed by atoms with E-state index in [1.165, 1.54) is 17.4 Å². The van der Waals surface area contributed by atoms with Crippen LogP contribution in [-0.4, -0.2) is 36.2 Å². The Kier molecular flexibility index (Phi) is 3.87. The quantitative estimate of drug-likeness (QED) is 0.674. The highest BCUT2D eigenvalue weighted by atomic mass is 16.5. The Morgan fingerprint density at radius 3 is 3.00 bits per heavy atom. The number of fused-ring (bicyclic) bond motifs is 3. The molecule has 0 radical (unpaired) electrons. The van der Waals surface area contributed by atoms with Crippen molar-refractivity contribution in [1.29, 1.82) is 0 Å². The molecule has 0 aliphatic carbocycles. The van der Waals surface area contributed by atoms with E-state index >= 15 is 0 Å². The molecule has 3 unspecified atom stereocenters. The molecular weight excluding hydrogens is 288 g/mol. The van der Waals surface area contributed by atoms with Gasteiger partial charge in [0.2, 0.25) is 0 Å². The van der Waals surface area contributed by atoms with Crippen LogP contribution in [-0.2, 0) is 11.3 Å². The van der Waals surface area contributed by atoms with Gasteiger partial charge in [-0.2, -0.15) is 0 Å². The van der Waals surface area contributed by atoms with E-state index in [1.54, 1.807) is 0 Å². The molecule has 4 rings (SSSR count). The first kappa shape index (κ1) is 14.5. The van der Waals surface area contributed by atoms with Crippen molar-refractivity contribution in [2.24, 2.45) is 4.99 Å². The Balaban J connectivity index is 1.42. The zero-order chi connectivity index (χ0) is 15.6. The maximum Gasteiger partial charge on any atom is 0.191 e. The number of aromatic nitrogens is 1. The number of ether oxygens (including phenoxy) is 1. The molecule has 5 heteroatoms. The molecule has 2 aliphatic rings. The molecule has 2 saturated heterocycles. The predicted octanol–water partition coefficient (Wildman–Crippen LogP) is 2.22. The second-order valence-electron chi connectivity index (χ2n) is 6.27. The van der Waals surface area contributed by atoms with Crippen LogP contribution in [0.5, 0.6) is 0 Å². The fraction of sp³-hybridized carbons (Fsp3) is 0.444. The average molecular weight is 310 g/mol. The van der Waals surface area contributed by atoms with Crippen molar-refractivity contribution < 1.29 is 4.74 Å². The molecule has 23 heavy (non-hydrogen) atoms. The highest BCUT2D eigenvalue weighted by Crippen LogP contribution is 2.34. The normalized spacial score (nSPS) is 26.7. The highest BCUT2D eigenvalue weighted by molar-refractivity contribution is 5.83. The van der Waals surface area contributed by atoms with Crippen molar-refractivity contribution in [3.63, 3.8) is 0 Å². The minimum Gasteiger partial charge on any atom is -0.373 e. The zero-order valence-corrected chi connectivity index (χ0v) is 13.3. The SMILES string of the molecule is CN=C(NCc1ccnc2ccccc12)NC1CC2CCC1O2. The van der Waals surface area contributed by atoms with Gasteiger partial charge in [-0.25, -0.2) is 0 Å². The summed E-state index contributed by atoms with van der Waals surface area (Å²) in [6.45, 7) is 0.727. The van der Waals surface area contributed by atoms with Crippen LogP contribution < -0.4 is 10.6 Å². The second-order valence-corrected chi connectivity index (χ2v) is 6.27. The molecule has 0 spiro atoms. The Labute approximate surface area is 136 Å². The summed E-state index contributed by atoms with van der Waals surface area (Å²) in [4.78, 5) is 8.76. The lowest BCUT2D eigenvalue weighted by molar-refractivity contribution is 0.0992. The Morgan fingerprint density at radius 1 is 1.30 bits per heavy atom. The Morgan fingerprint density at radius 2 is 2.22 bits per heavy atom. The number of guanidine groups is 1. The molecule has 2 aromatic rings. The van der Waals surface area contributed by atoms with Gasteiger partial charge in [0.1, 0.15) is 0 Å². The van der Waals surface area contributed by atoms with Gasteiger partial charge in [-0.3, -0.25) is 9.98 Å². The van der Waals surface area contributed by atoms with Gasteiger partial charge in [0.05, 0.1) is 23.8 Å². The summed E-state index contributed by atoms with van der Waals surface area (Å²) in [6.07, 6.45) is 6.11. The number of nitrogens with one attached hydrogen (secondary N) is 2. The lowest BCUT2D eigenvalue weighted by atomic mass is 9.96. The molecule has 5 nitrogen and oxygen atoms in total. The number of hydrogen-bond acceptors (Lipinski definition) is 3. The van der Waals surface area contributed by atoms with E-state index in [9.17, 15) is 0 Å². The molecule has 2 fully saturated rings. The van der Waals surface area contributed by atoms with Crippen molar-refractivity contribution in [2.45, 2.75) is 44.1 Å². The van der Waals surface area contributed by atoms with Crippen LogP contribution in [0.2, 0.25) is 0 Å². The lowest BCUT2D eigenvalue weighted by Crippen LogP contribution is -2.47. The van der Waals surface area contributed by atoms with Crippen LogP contribution in [0.25, 0.3) is 10.9 Å². The minimum absolute atomic E-state index is 0.348. The third-order valence-electron chi connectivity index (χ3n) is 4.84. The number of rotatable bonds is 3. The third kappa shape index (κ3) is 2.88. The molecule has 2 N–H and O–H groups in total.